The van der Waals surface area contributed by atoms with Gasteiger partial charge in [0.25, 0.3) is 0 Å². The summed E-state index contributed by atoms with van der Waals surface area (Å²) < 4.78 is 1.11. The first-order chi connectivity index (χ1) is 9.72. The fourth-order valence-electron chi connectivity index (χ4n) is 3.45. The molecule has 2 heterocycles. The molecule has 0 radical (unpaired) electrons. The van der Waals surface area contributed by atoms with Gasteiger partial charge >= 0.3 is 0 Å². The van der Waals surface area contributed by atoms with E-state index in [9.17, 15) is 4.79 Å². The van der Waals surface area contributed by atoms with Crippen LogP contribution in [-0.2, 0) is 11.3 Å². The second-order valence-electron chi connectivity index (χ2n) is 5.87. The molecule has 2 aliphatic rings. The molecule has 1 saturated heterocycles. The molecule has 3 nitrogen and oxygen atoms in total. The van der Waals surface area contributed by atoms with Crippen LogP contribution in [0.3, 0.4) is 0 Å². The van der Waals surface area contributed by atoms with Crippen LogP contribution < -0.4 is 10.6 Å². The van der Waals surface area contributed by atoms with Crippen molar-refractivity contribution in [2.24, 2.45) is 5.92 Å². The SMILES string of the molecule is O=C(NCc1ccc(Br)s1)C1CCC2CCCCC2N1. The second kappa shape index (κ2) is 6.58. The number of piperidine rings is 1. The quantitative estimate of drug-likeness (QED) is 0.870. The van der Waals surface area contributed by atoms with Crippen molar-refractivity contribution < 1.29 is 4.79 Å². The summed E-state index contributed by atoms with van der Waals surface area (Å²) in [4.78, 5) is 13.5. The summed E-state index contributed by atoms with van der Waals surface area (Å²) in [5.41, 5.74) is 0. The van der Waals surface area contributed by atoms with E-state index in [4.69, 9.17) is 0 Å². The van der Waals surface area contributed by atoms with E-state index in [1.54, 1.807) is 11.3 Å². The van der Waals surface area contributed by atoms with E-state index >= 15 is 0 Å². The van der Waals surface area contributed by atoms with Gasteiger partial charge in [-0.05, 0) is 59.7 Å². The highest BCUT2D eigenvalue weighted by atomic mass is 79.9. The predicted molar refractivity (Wildman–Crippen MR) is 85.8 cm³/mol. The minimum Gasteiger partial charge on any atom is -0.350 e. The zero-order valence-electron chi connectivity index (χ0n) is 11.5. The van der Waals surface area contributed by atoms with Crippen LogP contribution in [0.2, 0.25) is 0 Å². The Labute approximate surface area is 132 Å². The average Bonchev–Trinajstić information content (AvgIpc) is 2.90. The van der Waals surface area contributed by atoms with Crippen LogP contribution in [0.1, 0.15) is 43.4 Å². The van der Waals surface area contributed by atoms with Crippen LogP contribution in [0.4, 0.5) is 0 Å². The number of carbonyl (C=O) groups is 1. The third-order valence-corrected chi connectivity index (χ3v) is 6.16. The number of thiophene rings is 1. The van der Waals surface area contributed by atoms with Gasteiger partial charge in [0.1, 0.15) is 0 Å². The number of carbonyl (C=O) groups excluding carboxylic acids is 1. The fourth-order valence-corrected chi connectivity index (χ4v) is 4.87. The second-order valence-corrected chi connectivity index (χ2v) is 8.42. The van der Waals surface area contributed by atoms with Gasteiger partial charge in [0.15, 0.2) is 0 Å². The van der Waals surface area contributed by atoms with Gasteiger partial charge in [-0.2, -0.15) is 0 Å². The highest BCUT2D eigenvalue weighted by molar-refractivity contribution is 9.11. The Morgan fingerprint density at radius 2 is 2.15 bits per heavy atom. The molecule has 2 fully saturated rings. The van der Waals surface area contributed by atoms with Gasteiger partial charge in [-0.1, -0.05) is 12.8 Å². The number of halogens is 1. The highest BCUT2D eigenvalue weighted by Crippen LogP contribution is 2.32. The van der Waals surface area contributed by atoms with Crippen LogP contribution in [0.15, 0.2) is 15.9 Å². The van der Waals surface area contributed by atoms with E-state index in [0.29, 0.717) is 12.6 Å². The molecule has 0 bridgehead atoms. The lowest BCUT2D eigenvalue weighted by Crippen LogP contribution is -2.54. The van der Waals surface area contributed by atoms with Crippen LogP contribution in [-0.4, -0.2) is 18.0 Å². The largest absolute Gasteiger partial charge is 0.350 e. The topological polar surface area (TPSA) is 41.1 Å². The Hall–Kier alpha value is -0.390. The van der Waals surface area contributed by atoms with Crippen LogP contribution in [0, 0.1) is 5.92 Å². The number of amides is 1. The highest BCUT2D eigenvalue weighted by Gasteiger charge is 2.34. The molecule has 5 heteroatoms. The summed E-state index contributed by atoms with van der Waals surface area (Å²) in [5, 5.41) is 6.64. The number of fused-ring (bicyclic) bond motifs is 1. The molecule has 2 N–H and O–H groups in total. The molecule has 1 aliphatic carbocycles. The lowest BCUT2D eigenvalue weighted by Gasteiger charge is -2.39. The Bertz CT molecular complexity index is 476. The van der Waals surface area contributed by atoms with E-state index in [1.807, 2.05) is 6.07 Å². The summed E-state index contributed by atoms with van der Waals surface area (Å²) >= 11 is 5.12. The molecule has 1 amide bonds. The van der Waals surface area contributed by atoms with Crippen molar-refractivity contribution in [1.29, 1.82) is 0 Å². The van der Waals surface area contributed by atoms with Crippen LogP contribution in [0.25, 0.3) is 0 Å². The summed E-state index contributed by atoms with van der Waals surface area (Å²) in [6.45, 7) is 0.640. The monoisotopic (exact) mass is 356 g/mol. The minimum atomic E-state index is 0.0118. The van der Waals surface area contributed by atoms with Gasteiger partial charge in [-0.3, -0.25) is 4.79 Å². The maximum Gasteiger partial charge on any atom is 0.237 e. The van der Waals surface area contributed by atoms with Crippen LogP contribution in [0.5, 0.6) is 0 Å². The number of hydrogen-bond acceptors (Lipinski definition) is 3. The van der Waals surface area contributed by atoms with Gasteiger partial charge in [0, 0.05) is 10.9 Å². The van der Waals surface area contributed by atoms with Crippen molar-refractivity contribution in [2.45, 2.75) is 57.2 Å². The minimum absolute atomic E-state index is 0.0118. The van der Waals surface area contributed by atoms with E-state index in [0.717, 1.165) is 16.1 Å². The molecule has 3 unspecified atom stereocenters. The Kier molecular flexibility index (Phi) is 4.79. The molecular formula is C15H21BrN2OS. The predicted octanol–water partition coefficient (Wildman–Crippen LogP) is 3.44. The number of nitrogens with one attached hydrogen (secondary N) is 2. The zero-order valence-corrected chi connectivity index (χ0v) is 13.9. The Morgan fingerprint density at radius 3 is 2.95 bits per heavy atom. The molecule has 0 aromatic carbocycles. The number of rotatable bonds is 3. The zero-order chi connectivity index (χ0) is 13.9. The summed E-state index contributed by atoms with van der Waals surface area (Å²) in [6.07, 6.45) is 7.46. The molecule has 1 saturated carbocycles. The normalized spacial score (nSPS) is 29.8. The van der Waals surface area contributed by atoms with Gasteiger partial charge in [-0.15, -0.1) is 11.3 Å². The first kappa shape index (κ1) is 14.5. The van der Waals surface area contributed by atoms with Crippen molar-refractivity contribution in [1.82, 2.24) is 10.6 Å². The third-order valence-electron chi connectivity index (χ3n) is 4.53. The first-order valence-electron chi connectivity index (χ1n) is 7.50. The molecule has 20 heavy (non-hydrogen) atoms. The maximum absolute atomic E-state index is 12.3. The van der Waals surface area contributed by atoms with Crippen LogP contribution >= 0.6 is 27.3 Å². The molecular weight excluding hydrogens is 336 g/mol. The molecule has 1 aromatic rings. The summed E-state index contributed by atoms with van der Waals surface area (Å²) in [5.74, 6) is 0.972. The van der Waals surface area contributed by atoms with Gasteiger partial charge in [0.05, 0.1) is 16.4 Å². The van der Waals surface area contributed by atoms with Gasteiger partial charge < -0.3 is 10.6 Å². The standard InChI is InChI=1S/C15H21BrN2OS/c16-14-8-6-11(20-14)9-17-15(19)13-7-5-10-3-1-2-4-12(10)18-13/h6,8,10,12-13,18H,1-5,7,9H2,(H,17,19). The molecule has 1 aliphatic heterocycles. The van der Waals surface area contributed by atoms with Crippen molar-refractivity contribution >= 4 is 33.2 Å². The molecule has 110 valence electrons. The molecule has 1 aromatic heterocycles. The van der Waals surface area contributed by atoms with Crippen molar-refractivity contribution in [3.05, 3.63) is 20.8 Å². The van der Waals surface area contributed by atoms with E-state index in [2.05, 4.69) is 32.6 Å². The molecule has 0 spiro atoms. The summed E-state index contributed by atoms with van der Waals surface area (Å²) in [7, 11) is 0. The van der Waals surface area contributed by atoms with E-state index in [-0.39, 0.29) is 11.9 Å². The fraction of sp³-hybridized carbons (Fsp3) is 0.667. The van der Waals surface area contributed by atoms with Crippen molar-refractivity contribution in [3.8, 4) is 0 Å². The average molecular weight is 357 g/mol. The summed E-state index contributed by atoms with van der Waals surface area (Å²) in [6, 6.07) is 4.67. The van der Waals surface area contributed by atoms with Gasteiger partial charge in [0.2, 0.25) is 5.91 Å². The lowest BCUT2D eigenvalue weighted by atomic mass is 9.77. The third kappa shape index (κ3) is 3.43. The van der Waals surface area contributed by atoms with E-state index in [1.165, 1.54) is 37.0 Å². The smallest absolute Gasteiger partial charge is 0.237 e. The van der Waals surface area contributed by atoms with Crippen molar-refractivity contribution in [2.75, 3.05) is 0 Å². The molecule has 3 atom stereocenters. The van der Waals surface area contributed by atoms with E-state index < -0.39 is 0 Å². The Morgan fingerprint density at radius 1 is 1.30 bits per heavy atom. The lowest BCUT2D eigenvalue weighted by molar-refractivity contribution is -0.124. The van der Waals surface area contributed by atoms with Gasteiger partial charge in [-0.25, -0.2) is 0 Å². The molecule has 3 rings (SSSR count). The maximum atomic E-state index is 12.3. The first-order valence-corrected chi connectivity index (χ1v) is 9.11. The Balaban J connectivity index is 1.50. The number of hydrogen-bond donors (Lipinski definition) is 2. The van der Waals surface area contributed by atoms with Crippen molar-refractivity contribution in [3.63, 3.8) is 0 Å².